The van der Waals surface area contributed by atoms with Gasteiger partial charge in [-0.2, -0.15) is 4.90 Å². The molecule has 0 spiro atoms. The number of imide groups is 1. The average molecular weight is 543 g/mol. The predicted octanol–water partition coefficient (Wildman–Crippen LogP) is 6.11. The van der Waals surface area contributed by atoms with Crippen LogP contribution in [0.1, 0.15) is 71.4 Å². The minimum atomic E-state index is -1.45. The third-order valence-electron chi connectivity index (χ3n) is 5.42. The second kappa shape index (κ2) is 13.7. The van der Waals surface area contributed by atoms with Gasteiger partial charge >= 0.3 is 18.2 Å². The summed E-state index contributed by atoms with van der Waals surface area (Å²) in [6.45, 7) is 9.28. The van der Waals surface area contributed by atoms with Crippen LogP contribution in [0.5, 0.6) is 0 Å². The fourth-order valence-electron chi connectivity index (χ4n) is 3.76. The number of amides is 2. The number of nitrogens with zero attached hydrogens (tertiary/aromatic N) is 2. The van der Waals surface area contributed by atoms with Gasteiger partial charge in [0, 0.05) is 10.8 Å². The highest BCUT2D eigenvalue weighted by molar-refractivity contribution is 5.94. The minimum Gasteiger partial charge on any atom is -0.459 e. The molecule has 10 nitrogen and oxygen atoms in total. The number of hydrogen-bond donors (Lipinski definition) is 0. The summed E-state index contributed by atoms with van der Waals surface area (Å²) in [5.41, 5.74) is -0.546. The molecule has 0 N–H and O–H groups in total. The van der Waals surface area contributed by atoms with E-state index >= 15 is 0 Å². The Hall–Kier alpha value is -3.95. The van der Waals surface area contributed by atoms with Crippen LogP contribution in [0.2, 0.25) is 0 Å². The van der Waals surface area contributed by atoms with Crippen LogP contribution in [0.3, 0.4) is 0 Å². The zero-order valence-electron chi connectivity index (χ0n) is 23.4. The van der Waals surface area contributed by atoms with E-state index in [2.05, 4.69) is 0 Å². The van der Waals surface area contributed by atoms with E-state index in [9.17, 15) is 24.5 Å². The van der Waals surface area contributed by atoms with Crippen molar-refractivity contribution in [2.45, 2.75) is 84.2 Å². The molecule has 0 aliphatic heterocycles. The molecular formula is C29H38N2O8. The third kappa shape index (κ3) is 11.1. The summed E-state index contributed by atoms with van der Waals surface area (Å²) in [6.07, 6.45) is -2.16. The normalized spacial score (nSPS) is 13.1. The number of esters is 1. The molecule has 0 heterocycles. The van der Waals surface area contributed by atoms with Gasteiger partial charge in [-0.15, -0.1) is 0 Å². The van der Waals surface area contributed by atoms with Gasteiger partial charge in [-0.1, -0.05) is 60.7 Å². The Morgan fingerprint density at radius 1 is 0.821 bits per heavy atom. The third-order valence-corrected chi connectivity index (χ3v) is 5.42. The lowest BCUT2D eigenvalue weighted by atomic mass is 9.92. The number of hydrogen-bond acceptors (Lipinski definition) is 8. The molecule has 10 heteroatoms. The smallest absolute Gasteiger partial charge is 0.420 e. The number of rotatable bonds is 10. The largest absolute Gasteiger partial charge is 0.459 e. The van der Waals surface area contributed by atoms with Crippen LogP contribution < -0.4 is 0 Å². The molecule has 212 valence electrons. The van der Waals surface area contributed by atoms with Crippen LogP contribution in [0.25, 0.3) is 0 Å². The summed E-state index contributed by atoms with van der Waals surface area (Å²) in [6, 6.07) is 16.3. The minimum absolute atomic E-state index is 0.0936. The number of carbonyl (C=O) groups is 3. The Kier molecular flexibility index (Phi) is 11.0. The van der Waals surface area contributed by atoms with E-state index < -0.39 is 52.8 Å². The van der Waals surface area contributed by atoms with Crippen molar-refractivity contribution >= 4 is 18.2 Å². The Labute approximate surface area is 229 Å². The predicted molar refractivity (Wildman–Crippen MR) is 145 cm³/mol. The number of nitro groups is 1. The summed E-state index contributed by atoms with van der Waals surface area (Å²) in [4.78, 5) is 51.7. The highest BCUT2D eigenvalue weighted by atomic mass is 16.6. The molecule has 2 atom stereocenters. The van der Waals surface area contributed by atoms with Crippen molar-refractivity contribution in [2.75, 3.05) is 6.54 Å². The zero-order chi connectivity index (χ0) is 29.2. The van der Waals surface area contributed by atoms with Crippen LogP contribution >= 0.6 is 0 Å². The van der Waals surface area contributed by atoms with E-state index in [-0.39, 0.29) is 19.4 Å². The molecule has 2 unspecified atom stereocenters. The Balaban J connectivity index is 2.44. The molecule has 2 aromatic rings. The van der Waals surface area contributed by atoms with E-state index in [1.54, 1.807) is 96.1 Å². The molecule has 0 bridgehead atoms. The standard InChI is InChI=1S/C29H38N2O8/c1-28(2,3)38-26(33)31(27(34)39-29(4,5)6)24(25(32)37-20-21-13-9-7-10-14-21)18-17-23(19-30(35)36)22-15-11-8-12-16-22/h7-16,23-24H,17-20H2,1-6H3. The van der Waals surface area contributed by atoms with Gasteiger partial charge < -0.3 is 14.2 Å². The van der Waals surface area contributed by atoms with Crippen molar-refractivity contribution in [1.29, 1.82) is 0 Å². The lowest BCUT2D eigenvalue weighted by Crippen LogP contribution is -2.52. The van der Waals surface area contributed by atoms with Gasteiger partial charge in [0.2, 0.25) is 6.54 Å². The van der Waals surface area contributed by atoms with Crippen molar-refractivity contribution in [3.05, 3.63) is 81.9 Å². The lowest BCUT2D eigenvalue weighted by Gasteiger charge is -2.32. The highest BCUT2D eigenvalue weighted by Crippen LogP contribution is 2.26. The van der Waals surface area contributed by atoms with Crippen molar-refractivity contribution in [1.82, 2.24) is 4.90 Å². The number of benzene rings is 2. The maximum Gasteiger partial charge on any atom is 0.420 e. The van der Waals surface area contributed by atoms with Crippen LogP contribution in [-0.2, 0) is 25.6 Å². The fourth-order valence-corrected chi connectivity index (χ4v) is 3.76. The summed E-state index contributed by atoms with van der Waals surface area (Å²) < 4.78 is 16.4. The topological polar surface area (TPSA) is 125 Å². The summed E-state index contributed by atoms with van der Waals surface area (Å²) in [5, 5.41) is 11.4. The van der Waals surface area contributed by atoms with Gasteiger partial charge in [0.05, 0.1) is 0 Å². The van der Waals surface area contributed by atoms with Gasteiger partial charge in [-0.05, 0) is 65.5 Å². The molecule has 2 aromatic carbocycles. The quantitative estimate of drug-likeness (QED) is 0.152. The molecule has 0 radical (unpaired) electrons. The molecule has 0 fully saturated rings. The summed E-state index contributed by atoms with van der Waals surface area (Å²) in [7, 11) is 0. The summed E-state index contributed by atoms with van der Waals surface area (Å²) in [5.74, 6) is -1.44. The zero-order valence-corrected chi connectivity index (χ0v) is 23.4. The van der Waals surface area contributed by atoms with Crippen LogP contribution in [-0.4, -0.2) is 51.8 Å². The van der Waals surface area contributed by atoms with E-state index in [1.165, 1.54) is 0 Å². The van der Waals surface area contributed by atoms with E-state index in [4.69, 9.17) is 14.2 Å². The van der Waals surface area contributed by atoms with Gasteiger partial charge in [-0.25, -0.2) is 14.4 Å². The second-order valence-corrected chi connectivity index (χ2v) is 11.1. The van der Waals surface area contributed by atoms with Crippen LogP contribution in [0, 0.1) is 10.1 Å². The molecule has 0 aliphatic rings. The SMILES string of the molecule is CC(C)(C)OC(=O)N(C(=O)OC(C)(C)C)C(CCC(C[N+](=O)[O-])c1ccccc1)C(=O)OCc1ccccc1. The lowest BCUT2D eigenvalue weighted by molar-refractivity contribution is -0.483. The van der Waals surface area contributed by atoms with E-state index in [1.807, 2.05) is 6.07 Å². The Bertz CT molecular complexity index is 1080. The van der Waals surface area contributed by atoms with Gasteiger partial charge in [0.1, 0.15) is 23.9 Å². The molecule has 0 saturated heterocycles. The summed E-state index contributed by atoms with van der Waals surface area (Å²) >= 11 is 0. The molecule has 2 rings (SSSR count). The van der Waals surface area contributed by atoms with Gasteiger partial charge in [0.15, 0.2) is 0 Å². The average Bonchev–Trinajstić information content (AvgIpc) is 2.82. The number of carbonyl (C=O) groups excluding carboxylic acids is 3. The van der Waals surface area contributed by atoms with Crippen molar-refractivity contribution in [3.8, 4) is 0 Å². The van der Waals surface area contributed by atoms with E-state index in [0.29, 0.717) is 16.0 Å². The first-order valence-electron chi connectivity index (χ1n) is 12.8. The second-order valence-electron chi connectivity index (χ2n) is 11.1. The van der Waals surface area contributed by atoms with Gasteiger partial charge in [-0.3, -0.25) is 10.1 Å². The molecule has 2 amide bonds. The van der Waals surface area contributed by atoms with E-state index in [0.717, 1.165) is 0 Å². The first kappa shape index (κ1) is 31.3. The first-order chi connectivity index (χ1) is 18.2. The molecule has 39 heavy (non-hydrogen) atoms. The van der Waals surface area contributed by atoms with Crippen LogP contribution in [0.4, 0.5) is 9.59 Å². The Morgan fingerprint density at radius 2 is 1.31 bits per heavy atom. The molecule has 0 saturated carbocycles. The fraction of sp³-hybridized carbons (Fsp3) is 0.483. The Morgan fingerprint density at radius 3 is 1.77 bits per heavy atom. The highest BCUT2D eigenvalue weighted by Gasteiger charge is 2.41. The molecule has 0 aromatic heterocycles. The molecular weight excluding hydrogens is 504 g/mol. The number of ether oxygens (including phenoxy) is 3. The van der Waals surface area contributed by atoms with Crippen molar-refractivity contribution < 1.29 is 33.5 Å². The maximum absolute atomic E-state index is 13.5. The van der Waals surface area contributed by atoms with Crippen LogP contribution in [0.15, 0.2) is 60.7 Å². The van der Waals surface area contributed by atoms with Gasteiger partial charge in [0.25, 0.3) is 0 Å². The van der Waals surface area contributed by atoms with Crippen molar-refractivity contribution in [3.63, 3.8) is 0 Å². The monoisotopic (exact) mass is 542 g/mol. The maximum atomic E-state index is 13.5. The first-order valence-corrected chi connectivity index (χ1v) is 12.8. The van der Waals surface area contributed by atoms with Crippen molar-refractivity contribution in [2.24, 2.45) is 0 Å². The molecule has 0 aliphatic carbocycles.